The predicted octanol–water partition coefficient (Wildman–Crippen LogP) is 2.24. The maximum Gasteiger partial charge on any atom is 0.346 e. The monoisotopic (exact) mass is 447 g/mol. The lowest BCUT2D eigenvalue weighted by molar-refractivity contribution is -0.395. The normalized spacial score (nSPS) is 11.2. The summed E-state index contributed by atoms with van der Waals surface area (Å²) in [5.41, 5.74) is -5.02. The maximum absolute atomic E-state index is 11.6. The Morgan fingerprint density at radius 2 is 1.25 bits per heavy atom. The van der Waals surface area contributed by atoms with Crippen LogP contribution in [0.3, 0.4) is 0 Å². The highest BCUT2D eigenvalue weighted by Crippen LogP contribution is 2.50. The standard InChI is InChI=1S/C16H9N5O11/c1-31-13(22)6-32-17-16-9-2-7(18(23)24)4-11(20(27)28)14(9)15-10(16)3-8(19(25)26)5-12(15)21(29)30/h2-5H,6H2,1H3. The van der Waals surface area contributed by atoms with Gasteiger partial charge in [0.2, 0.25) is 6.61 Å². The van der Waals surface area contributed by atoms with Crippen LogP contribution in [0.4, 0.5) is 22.7 Å². The number of oxime groups is 1. The summed E-state index contributed by atoms with van der Waals surface area (Å²) in [6, 6.07) is 2.93. The van der Waals surface area contributed by atoms with Gasteiger partial charge in [-0.15, -0.1) is 0 Å². The van der Waals surface area contributed by atoms with Crippen molar-refractivity contribution in [3.05, 3.63) is 75.8 Å². The van der Waals surface area contributed by atoms with Crippen molar-refractivity contribution in [2.45, 2.75) is 0 Å². The number of fused-ring (bicyclic) bond motifs is 3. The van der Waals surface area contributed by atoms with Gasteiger partial charge in [0.15, 0.2) is 0 Å². The van der Waals surface area contributed by atoms with Gasteiger partial charge in [0, 0.05) is 23.3 Å². The number of nitrogens with zero attached hydrogens (tertiary/aromatic N) is 5. The van der Waals surface area contributed by atoms with E-state index in [2.05, 4.69) is 9.89 Å². The summed E-state index contributed by atoms with van der Waals surface area (Å²) < 4.78 is 4.37. The van der Waals surface area contributed by atoms with Crippen LogP contribution >= 0.6 is 0 Å². The molecule has 2 aromatic rings. The topological polar surface area (TPSA) is 220 Å². The minimum atomic E-state index is -0.987. The average Bonchev–Trinajstić information content (AvgIpc) is 3.05. The Morgan fingerprint density at radius 3 is 1.59 bits per heavy atom. The van der Waals surface area contributed by atoms with Crippen LogP contribution in [-0.2, 0) is 14.4 Å². The lowest BCUT2D eigenvalue weighted by Crippen LogP contribution is -2.09. The SMILES string of the molecule is COC(=O)CON=C1c2cc([N+](=O)[O-])cc([N+](=O)[O-])c2-c2c1cc([N+](=O)[O-])cc2[N+](=O)[O-]. The van der Waals surface area contributed by atoms with Gasteiger partial charge in [0.25, 0.3) is 22.7 Å². The van der Waals surface area contributed by atoms with Crippen LogP contribution in [-0.4, -0.2) is 45.1 Å². The Balaban J connectivity index is 2.42. The van der Waals surface area contributed by atoms with Crippen LogP contribution in [0.1, 0.15) is 11.1 Å². The molecule has 0 spiro atoms. The first kappa shape index (κ1) is 21.7. The highest BCUT2D eigenvalue weighted by atomic mass is 16.7. The fourth-order valence-electron chi connectivity index (χ4n) is 3.07. The second-order valence-electron chi connectivity index (χ2n) is 6.09. The van der Waals surface area contributed by atoms with Gasteiger partial charge in [-0.1, -0.05) is 5.16 Å². The molecule has 32 heavy (non-hydrogen) atoms. The van der Waals surface area contributed by atoms with E-state index < -0.39 is 71.9 Å². The third-order valence-electron chi connectivity index (χ3n) is 4.35. The molecule has 0 amide bonds. The van der Waals surface area contributed by atoms with Crippen LogP contribution in [0, 0.1) is 40.5 Å². The quantitative estimate of drug-likeness (QED) is 0.290. The molecule has 0 fully saturated rings. The molecule has 0 unspecified atom stereocenters. The van der Waals surface area contributed by atoms with E-state index >= 15 is 0 Å². The number of carbonyl (C=O) groups is 1. The summed E-state index contributed by atoms with van der Waals surface area (Å²) in [4.78, 5) is 58.0. The molecule has 0 aliphatic heterocycles. The Morgan fingerprint density at radius 1 is 0.812 bits per heavy atom. The molecule has 1 aliphatic rings. The number of non-ortho nitro benzene ring substituents is 2. The fraction of sp³-hybridized carbons (Fsp3) is 0.125. The first-order valence-corrected chi connectivity index (χ1v) is 8.28. The first-order chi connectivity index (χ1) is 15.1. The van der Waals surface area contributed by atoms with Crippen LogP contribution in [0.15, 0.2) is 29.4 Å². The number of rotatable bonds is 7. The van der Waals surface area contributed by atoms with E-state index in [0.717, 1.165) is 19.2 Å². The number of nitro benzene ring substituents is 4. The van der Waals surface area contributed by atoms with Crippen LogP contribution in [0.25, 0.3) is 11.1 Å². The molecule has 164 valence electrons. The number of benzene rings is 2. The molecule has 0 atom stereocenters. The molecule has 0 N–H and O–H groups in total. The second kappa shape index (κ2) is 8.01. The molecule has 0 bridgehead atoms. The van der Waals surface area contributed by atoms with Crippen molar-refractivity contribution in [1.29, 1.82) is 0 Å². The molecule has 2 aromatic carbocycles. The van der Waals surface area contributed by atoms with Gasteiger partial charge in [-0.2, -0.15) is 0 Å². The highest BCUT2D eigenvalue weighted by molar-refractivity contribution is 6.27. The number of carbonyl (C=O) groups excluding carboxylic acids is 1. The third-order valence-corrected chi connectivity index (χ3v) is 4.35. The van der Waals surface area contributed by atoms with E-state index in [-0.39, 0.29) is 11.1 Å². The van der Waals surface area contributed by atoms with Crippen LogP contribution in [0.2, 0.25) is 0 Å². The smallest absolute Gasteiger partial charge is 0.346 e. The molecule has 16 heteroatoms. The molecule has 0 radical (unpaired) electrons. The second-order valence-corrected chi connectivity index (χ2v) is 6.09. The number of hydrogen-bond donors (Lipinski definition) is 0. The van der Waals surface area contributed by atoms with Crippen molar-refractivity contribution in [3.8, 4) is 11.1 Å². The molecule has 0 saturated carbocycles. The summed E-state index contributed by atoms with van der Waals surface area (Å²) in [6.45, 7) is -0.737. The zero-order valence-electron chi connectivity index (χ0n) is 15.7. The van der Waals surface area contributed by atoms with Gasteiger partial charge < -0.3 is 9.57 Å². The molecular formula is C16H9N5O11. The zero-order chi connectivity index (χ0) is 23.7. The van der Waals surface area contributed by atoms with Crippen molar-refractivity contribution in [1.82, 2.24) is 0 Å². The lowest BCUT2D eigenvalue weighted by atomic mass is 10.0. The van der Waals surface area contributed by atoms with Gasteiger partial charge in [0.1, 0.15) is 5.71 Å². The Hall–Kier alpha value is -5.02. The molecule has 16 nitrogen and oxygen atoms in total. The van der Waals surface area contributed by atoms with Gasteiger partial charge in [0.05, 0.1) is 50.1 Å². The van der Waals surface area contributed by atoms with E-state index in [1.165, 1.54) is 0 Å². The third kappa shape index (κ3) is 3.62. The number of hydrogen-bond acceptors (Lipinski definition) is 12. The van der Waals surface area contributed by atoms with E-state index in [9.17, 15) is 45.3 Å². The van der Waals surface area contributed by atoms with Gasteiger partial charge in [-0.25, -0.2) is 4.79 Å². The minimum absolute atomic E-state index is 0.311. The predicted molar refractivity (Wildman–Crippen MR) is 102 cm³/mol. The van der Waals surface area contributed by atoms with Gasteiger partial charge in [-0.3, -0.25) is 40.5 Å². The Labute approximate surface area is 175 Å². The van der Waals surface area contributed by atoms with Crippen molar-refractivity contribution in [2.24, 2.45) is 5.16 Å². The fourth-order valence-corrected chi connectivity index (χ4v) is 3.07. The summed E-state index contributed by atoms with van der Waals surface area (Å²) in [5.74, 6) is -0.872. The van der Waals surface area contributed by atoms with Gasteiger partial charge >= 0.3 is 5.97 Å². The van der Waals surface area contributed by atoms with Gasteiger partial charge in [-0.05, 0) is 0 Å². The molecule has 0 saturated heterocycles. The molecular weight excluding hydrogens is 438 g/mol. The summed E-state index contributed by atoms with van der Waals surface area (Å²) >= 11 is 0. The summed E-state index contributed by atoms with van der Waals surface area (Å²) in [6.07, 6.45) is 0. The van der Waals surface area contributed by atoms with E-state index in [0.29, 0.717) is 12.1 Å². The number of esters is 1. The van der Waals surface area contributed by atoms with Crippen molar-refractivity contribution in [2.75, 3.05) is 13.7 Å². The number of ether oxygens (including phenoxy) is 1. The van der Waals surface area contributed by atoms with Crippen molar-refractivity contribution >= 4 is 34.4 Å². The maximum atomic E-state index is 11.6. The molecule has 0 aromatic heterocycles. The molecule has 3 rings (SSSR count). The Kier molecular flexibility index (Phi) is 5.43. The first-order valence-electron chi connectivity index (χ1n) is 8.28. The lowest BCUT2D eigenvalue weighted by Gasteiger charge is -2.03. The number of nitro groups is 4. The molecule has 1 aliphatic carbocycles. The van der Waals surface area contributed by atoms with Crippen molar-refractivity contribution < 1.29 is 34.1 Å². The molecule has 0 heterocycles. The van der Waals surface area contributed by atoms with E-state index in [1.54, 1.807) is 0 Å². The summed E-state index contributed by atoms with van der Waals surface area (Å²) in [5, 5.41) is 49.4. The highest BCUT2D eigenvalue weighted by Gasteiger charge is 2.41. The van der Waals surface area contributed by atoms with Crippen LogP contribution < -0.4 is 0 Å². The van der Waals surface area contributed by atoms with E-state index in [1.807, 2.05) is 0 Å². The largest absolute Gasteiger partial charge is 0.466 e. The summed E-state index contributed by atoms with van der Waals surface area (Å²) in [7, 11) is 1.05. The van der Waals surface area contributed by atoms with E-state index in [4.69, 9.17) is 4.84 Å². The zero-order valence-corrected chi connectivity index (χ0v) is 15.7. The number of methoxy groups -OCH3 is 1. The van der Waals surface area contributed by atoms with Crippen LogP contribution in [0.5, 0.6) is 0 Å². The minimum Gasteiger partial charge on any atom is -0.466 e. The average molecular weight is 447 g/mol. The van der Waals surface area contributed by atoms with Crippen molar-refractivity contribution in [3.63, 3.8) is 0 Å². The Bertz CT molecular complexity index is 1170.